The molecule has 0 saturated carbocycles. The average molecular weight is 443 g/mol. The molecule has 146 valence electrons. The molecule has 4 nitrogen and oxygen atoms in total. The largest absolute Gasteiger partial charge is 0.497 e. The topological polar surface area (TPSA) is 44.1 Å². The van der Waals surface area contributed by atoms with Crippen LogP contribution < -0.4 is 10.3 Å². The van der Waals surface area contributed by atoms with Gasteiger partial charge in [0.2, 0.25) is 0 Å². The summed E-state index contributed by atoms with van der Waals surface area (Å²) >= 11 is 13.6. The first kappa shape index (κ1) is 19.8. The quantitative estimate of drug-likeness (QED) is 0.281. The van der Waals surface area contributed by atoms with E-state index in [2.05, 4.69) is 0 Å². The molecule has 0 aliphatic rings. The average Bonchev–Trinajstić information content (AvgIpc) is 2.75. The van der Waals surface area contributed by atoms with Crippen LogP contribution in [-0.4, -0.2) is 16.7 Å². The van der Waals surface area contributed by atoms with E-state index in [1.54, 1.807) is 23.8 Å². The highest BCUT2D eigenvalue weighted by Crippen LogP contribution is 2.28. The Morgan fingerprint density at radius 3 is 2.48 bits per heavy atom. The predicted molar refractivity (Wildman–Crippen MR) is 120 cm³/mol. The first-order valence-electron chi connectivity index (χ1n) is 8.80. The van der Waals surface area contributed by atoms with E-state index in [1.165, 1.54) is 11.8 Å². The van der Waals surface area contributed by atoms with E-state index < -0.39 is 0 Å². The SMILES string of the molecule is COc1ccc(-n2c(SCc3ccc(Cl)c(Cl)c3)nc3ccccc3c2=O)cc1. The number of benzene rings is 3. The minimum atomic E-state index is -0.114. The first-order chi connectivity index (χ1) is 14.1. The van der Waals surface area contributed by atoms with E-state index >= 15 is 0 Å². The van der Waals surface area contributed by atoms with Gasteiger partial charge in [-0.15, -0.1) is 0 Å². The Kier molecular flexibility index (Phi) is 5.81. The molecule has 0 saturated heterocycles. The molecule has 4 aromatic rings. The molecule has 0 N–H and O–H groups in total. The molecular weight excluding hydrogens is 427 g/mol. The van der Waals surface area contributed by atoms with Crippen LogP contribution in [0.5, 0.6) is 5.75 Å². The molecule has 3 aromatic carbocycles. The fourth-order valence-corrected chi connectivity index (χ4v) is 4.22. The number of halogens is 2. The lowest BCUT2D eigenvalue weighted by atomic mass is 10.2. The van der Waals surface area contributed by atoms with Crippen LogP contribution in [0.4, 0.5) is 0 Å². The van der Waals surface area contributed by atoms with Gasteiger partial charge in [0.1, 0.15) is 5.75 Å². The minimum absolute atomic E-state index is 0.114. The number of methoxy groups -OCH3 is 1. The molecular formula is C22H16Cl2N2O2S. The van der Waals surface area contributed by atoms with Gasteiger partial charge in [-0.2, -0.15) is 0 Å². The lowest BCUT2D eigenvalue weighted by molar-refractivity contribution is 0.414. The molecule has 0 spiro atoms. The number of fused-ring (bicyclic) bond motifs is 1. The smallest absolute Gasteiger partial charge is 0.266 e. The van der Waals surface area contributed by atoms with Gasteiger partial charge in [0.25, 0.3) is 5.56 Å². The zero-order valence-corrected chi connectivity index (χ0v) is 17.8. The number of para-hydroxylation sites is 1. The molecule has 0 fully saturated rings. The molecule has 0 aliphatic heterocycles. The van der Waals surface area contributed by atoms with Crippen molar-refractivity contribution in [3.05, 3.63) is 92.7 Å². The van der Waals surface area contributed by atoms with Crippen molar-refractivity contribution in [2.75, 3.05) is 7.11 Å². The van der Waals surface area contributed by atoms with E-state index in [0.29, 0.717) is 31.9 Å². The summed E-state index contributed by atoms with van der Waals surface area (Å²) in [4.78, 5) is 18.0. The summed E-state index contributed by atoms with van der Waals surface area (Å²) in [7, 11) is 1.61. The molecule has 0 radical (unpaired) electrons. The van der Waals surface area contributed by atoms with E-state index in [0.717, 1.165) is 17.0 Å². The Labute approximate surface area is 182 Å². The molecule has 0 amide bonds. The highest BCUT2D eigenvalue weighted by molar-refractivity contribution is 7.98. The lowest BCUT2D eigenvalue weighted by Crippen LogP contribution is -2.21. The van der Waals surface area contributed by atoms with Crippen molar-refractivity contribution in [1.82, 2.24) is 9.55 Å². The third-order valence-electron chi connectivity index (χ3n) is 4.43. The van der Waals surface area contributed by atoms with Crippen LogP contribution in [0.2, 0.25) is 10.0 Å². The zero-order chi connectivity index (χ0) is 20.4. The third-order valence-corrected chi connectivity index (χ3v) is 6.18. The number of rotatable bonds is 5. The summed E-state index contributed by atoms with van der Waals surface area (Å²) in [6, 6.07) is 20.2. The van der Waals surface area contributed by atoms with E-state index in [1.807, 2.05) is 54.6 Å². The Morgan fingerprint density at radius 1 is 1.00 bits per heavy atom. The first-order valence-corrected chi connectivity index (χ1v) is 10.5. The minimum Gasteiger partial charge on any atom is -0.497 e. The van der Waals surface area contributed by atoms with Crippen LogP contribution >= 0.6 is 35.0 Å². The molecule has 7 heteroatoms. The van der Waals surface area contributed by atoms with Crippen molar-refractivity contribution in [3.63, 3.8) is 0 Å². The van der Waals surface area contributed by atoms with Gasteiger partial charge in [-0.25, -0.2) is 4.98 Å². The highest BCUT2D eigenvalue weighted by atomic mass is 35.5. The standard InChI is InChI=1S/C22H16Cl2N2O2S/c1-28-16-9-7-15(8-10-16)26-21(27)17-4-2-3-5-20(17)25-22(26)29-13-14-6-11-18(23)19(24)12-14/h2-12H,13H2,1H3. The molecule has 0 atom stereocenters. The van der Waals surface area contributed by atoms with Crippen molar-refractivity contribution in [2.45, 2.75) is 10.9 Å². The maximum atomic E-state index is 13.3. The number of thioether (sulfide) groups is 1. The van der Waals surface area contributed by atoms with Crippen molar-refractivity contribution in [1.29, 1.82) is 0 Å². The Bertz CT molecular complexity index is 1240. The van der Waals surface area contributed by atoms with Crippen LogP contribution in [0.3, 0.4) is 0 Å². The van der Waals surface area contributed by atoms with Gasteiger partial charge in [-0.1, -0.05) is 53.2 Å². The maximum absolute atomic E-state index is 13.3. The zero-order valence-electron chi connectivity index (χ0n) is 15.4. The molecule has 0 unspecified atom stereocenters. The monoisotopic (exact) mass is 442 g/mol. The number of ether oxygens (including phenoxy) is 1. The number of hydrogen-bond acceptors (Lipinski definition) is 4. The summed E-state index contributed by atoms with van der Waals surface area (Å²) in [5.41, 5.74) is 2.27. The second-order valence-corrected chi connectivity index (χ2v) is 8.04. The summed E-state index contributed by atoms with van der Waals surface area (Å²) in [6.45, 7) is 0. The Hall–Kier alpha value is -2.47. The van der Waals surface area contributed by atoms with Gasteiger partial charge in [0.05, 0.1) is 33.7 Å². The molecule has 0 aliphatic carbocycles. The molecule has 4 rings (SSSR count). The van der Waals surface area contributed by atoms with Gasteiger partial charge < -0.3 is 4.74 Å². The van der Waals surface area contributed by atoms with E-state index in [-0.39, 0.29) is 5.56 Å². The summed E-state index contributed by atoms with van der Waals surface area (Å²) in [6.07, 6.45) is 0. The van der Waals surface area contributed by atoms with Gasteiger partial charge in [-0.05, 0) is 54.1 Å². The van der Waals surface area contributed by atoms with Gasteiger partial charge in [-0.3, -0.25) is 9.36 Å². The summed E-state index contributed by atoms with van der Waals surface area (Å²) < 4.78 is 6.86. The molecule has 1 heterocycles. The molecule has 29 heavy (non-hydrogen) atoms. The Balaban J connectivity index is 1.80. The fourth-order valence-electron chi connectivity index (χ4n) is 2.95. The van der Waals surface area contributed by atoms with Crippen molar-refractivity contribution in [3.8, 4) is 11.4 Å². The fraction of sp³-hybridized carbons (Fsp3) is 0.0909. The normalized spacial score (nSPS) is 11.0. The molecule has 0 bridgehead atoms. The number of aromatic nitrogens is 2. The summed E-state index contributed by atoms with van der Waals surface area (Å²) in [5, 5.41) is 2.19. The van der Waals surface area contributed by atoms with Crippen LogP contribution in [0.25, 0.3) is 16.6 Å². The van der Waals surface area contributed by atoms with Crippen molar-refractivity contribution < 1.29 is 4.74 Å². The van der Waals surface area contributed by atoms with Crippen molar-refractivity contribution in [2.24, 2.45) is 0 Å². The van der Waals surface area contributed by atoms with Crippen molar-refractivity contribution >= 4 is 45.9 Å². The third kappa shape index (κ3) is 4.13. The lowest BCUT2D eigenvalue weighted by Gasteiger charge is -2.14. The number of nitrogens with zero attached hydrogens (tertiary/aromatic N) is 2. The van der Waals surface area contributed by atoms with Crippen LogP contribution in [-0.2, 0) is 5.75 Å². The van der Waals surface area contributed by atoms with Gasteiger partial charge >= 0.3 is 0 Å². The van der Waals surface area contributed by atoms with Crippen LogP contribution in [0.15, 0.2) is 76.7 Å². The van der Waals surface area contributed by atoms with Gasteiger partial charge in [0, 0.05) is 5.75 Å². The van der Waals surface area contributed by atoms with E-state index in [9.17, 15) is 4.79 Å². The number of hydrogen-bond donors (Lipinski definition) is 0. The van der Waals surface area contributed by atoms with Crippen LogP contribution in [0, 0.1) is 0 Å². The Morgan fingerprint density at radius 2 is 1.76 bits per heavy atom. The van der Waals surface area contributed by atoms with Crippen LogP contribution in [0.1, 0.15) is 5.56 Å². The second kappa shape index (κ2) is 8.49. The maximum Gasteiger partial charge on any atom is 0.266 e. The second-order valence-electron chi connectivity index (χ2n) is 6.29. The van der Waals surface area contributed by atoms with Gasteiger partial charge in [0.15, 0.2) is 5.16 Å². The van der Waals surface area contributed by atoms with E-state index in [4.69, 9.17) is 32.9 Å². The highest BCUT2D eigenvalue weighted by Gasteiger charge is 2.14. The molecule has 1 aromatic heterocycles. The predicted octanol–water partition coefficient (Wildman–Crippen LogP) is 5.99. The summed E-state index contributed by atoms with van der Waals surface area (Å²) in [5.74, 6) is 1.32.